The second-order valence-corrected chi connectivity index (χ2v) is 6.95. The van der Waals surface area contributed by atoms with Gasteiger partial charge in [-0.25, -0.2) is 0 Å². The van der Waals surface area contributed by atoms with Crippen LogP contribution in [-0.2, 0) is 6.54 Å². The number of amides is 1. The van der Waals surface area contributed by atoms with E-state index in [0.29, 0.717) is 5.56 Å². The zero-order chi connectivity index (χ0) is 16.9. The van der Waals surface area contributed by atoms with Gasteiger partial charge in [0, 0.05) is 24.3 Å². The fraction of sp³-hybridized carbons (Fsp3) is 0.381. The number of hydrogen-bond donors (Lipinski definition) is 1. The van der Waals surface area contributed by atoms with Gasteiger partial charge in [-0.15, -0.1) is 0 Å². The van der Waals surface area contributed by atoms with Gasteiger partial charge < -0.3 is 5.32 Å². The molecule has 0 aromatic heterocycles. The van der Waals surface area contributed by atoms with Gasteiger partial charge in [0.25, 0.3) is 5.91 Å². The molecule has 3 rings (SSSR count). The smallest absolute Gasteiger partial charge is 0.255 e. The first-order chi connectivity index (χ1) is 11.6. The van der Waals surface area contributed by atoms with E-state index in [1.807, 2.05) is 43.3 Å². The van der Waals surface area contributed by atoms with Crippen LogP contribution in [-0.4, -0.2) is 23.9 Å². The number of nitrogens with zero attached hydrogens (tertiary/aromatic N) is 1. The van der Waals surface area contributed by atoms with E-state index in [2.05, 4.69) is 29.3 Å². The average molecular weight is 322 g/mol. The highest BCUT2D eigenvalue weighted by Gasteiger charge is 2.16. The topological polar surface area (TPSA) is 32.3 Å². The van der Waals surface area contributed by atoms with E-state index >= 15 is 0 Å². The summed E-state index contributed by atoms with van der Waals surface area (Å²) < 4.78 is 0. The fourth-order valence-electron chi connectivity index (χ4n) is 3.36. The Bertz CT molecular complexity index is 693. The first kappa shape index (κ1) is 16.7. The molecule has 1 aliphatic rings. The molecule has 0 bridgehead atoms. The third-order valence-corrected chi connectivity index (χ3v) is 4.76. The molecule has 126 valence electrons. The molecule has 1 fully saturated rings. The largest absolute Gasteiger partial charge is 0.322 e. The standard InChI is InChI=1S/C21H26N2O/c1-16-6-5-13-23(14-16)15-18-9-11-19(12-10-18)21(24)22-20-8-4-3-7-17(20)2/h3-4,7-12,16H,5-6,13-15H2,1-2H3,(H,22,24)/t16-/m0/s1. The molecular weight excluding hydrogens is 296 g/mol. The average Bonchev–Trinajstić information content (AvgIpc) is 2.57. The molecule has 2 aromatic carbocycles. The van der Waals surface area contributed by atoms with E-state index in [1.54, 1.807) is 0 Å². The number of rotatable bonds is 4. The Morgan fingerprint density at radius 2 is 1.92 bits per heavy atom. The summed E-state index contributed by atoms with van der Waals surface area (Å²) in [5.74, 6) is 0.736. The van der Waals surface area contributed by atoms with Gasteiger partial charge >= 0.3 is 0 Å². The van der Waals surface area contributed by atoms with Crippen LogP contribution in [0.5, 0.6) is 0 Å². The number of aryl methyl sites for hydroxylation is 1. The molecule has 0 spiro atoms. The molecular formula is C21H26N2O. The zero-order valence-corrected chi connectivity index (χ0v) is 14.6. The molecule has 0 radical (unpaired) electrons. The van der Waals surface area contributed by atoms with Crippen molar-refractivity contribution in [3.63, 3.8) is 0 Å². The van der Waals surface area contributed by atoms with Gasteiger partial charge in [0.15, 0.2) is 0 Å². The summed E-state index contributed by atoms with van der Waals surface area (Å²) >= 11 is 0. The van der Waals surface area contributed by atoms with E-state index in [9.17, 15) is 4.79 Å². The van der Waals surface area contributed by atoms with Gasteiger partial charge in [-0.05, 0) is 61.6 Å². The van der Waals surface area contributed by atoms with Crippen LogP contribution in [0.25, 0.3) is 0 Å². The number of para-hydroxylation sites is 1. The van der Waals surface area contributed by atoms with Crippen LogP contribution in [0.15, 0.2) is 48.5 Å². The summed E-state index contributed by atoms with van der Waals surface area (Å²) in [5, 5.41) is 2.98. The van der Waals surface area contributed by atoms with Crippen molar-refractivity contribution in [3.05, 3.63) is 65.2 Å². The predicted molar refractivity (Wildman–Crippen MR) is 99.2 cm³/mol. The van der Waals surface area contributed by atoms with E-state index in [1.165, 1.54) is 31.5 Å². The first-order valence-corrected chi connectivity index (χ1v) is 8.80. The van der Waals surface area contributed by atoms with Gasteiger partial charge in [-0.2, -0.15) is 0 Å². The lowest BCUT2D eigenvalue weighted by atomic mass is 9.99. The summed E-state index contributed by atoms with van der Waals surface area (Å²) in [6.45, 7) is 7.66. The summed E-state index contributed by atoms with van der Waals surface area (Å²) in [4.78, 5) is 14.9. The van der Waals surface area contributed by atoms with Gasteiger partial charge in [-0.3, -0.25) is 9.69 Å². The lowest BCUT2D eigenvalue weighted by molar-refractivity contribution is 0.102. The molecule has 0 aliphatic carbocycles. The Kier molecular flexibility index (Phi) is 5.31. The number of nitrogens with one attached hydrogen (secondary N) is 1. The van der Waals surface area contributed by atoms with E-state index < -0.39 is 0 Å². The minimum atomic E-state index is -0.0533. The van der Waals surface area contributed by atoms with Gasteiger partial charge in [0.2, 0.25) is 0 Å². The van der Waals surface area contributed by atoms with Crippen molar-refractivity contribution in [1.82, 2.24) is 4.90 Å². The van der Waals surface area contributed by atoms with Crippen LogP contribution in [0, 0.1) is 12.8 Å². The van der Waals surface area contributed by atoms with Crippen molar-refractivity contribution in [2.24, 2.45) is 5.92 Å². The highest BCUT2D eigenvalue weighted by Crippen LogP contribution is 2.19. The number of benzene rings is 2. The molecule has 3 heteroatoms. The molecule has 24 heavy (non-hydrogen) atoms. The van der Waals surface area contributed by atoms with Crippen LogP contribution in [0.4, 0.5) is 5.69 Å². The highest BCUT2D eigenvalue weighted by molar-refractivity contribution is 6.04. The molecule has 1 saturated heterocycles. The third kappa shape index (κ3) is 4.24. The number of hydrogen-bond acceptors (Lipinski definition) is 2. The lowest BCUT2D eigenvalue weighted by Crippen LogP contribution is -2.33. The van der Waals surface area contributed by atoms with Crippen molar-refractivity contribution < 1.29 is 4.79 Å². The Morgan fingerprint density at radius 1 is 1.17 bits per heavy atom. The summed E-state index contributed by atoms with van der Waals surface area (Å²) in [7, 11) is 0. The number of likely N-dealkylation sites (tertiary alicyclic amines) is 1. The van der Waals surface area contributed by atoms with Crippen LogP contribution in [0.2, 0.25) is 0 Å². The molecule has 1 amide bonds. The highest BCUT2D eigenvalue weighted by atomic mass is 16.1. The van der Waals surface area contributed by atoms with Crippen LogP contribution < -0.4 is 5.32 Å². The predicted octanol–water partition coefficient (Wildman–Crippen LogP) is 4.48. The number of anilines is 1. The van der Waals surface area contributed by atoms with Crippen molar-refractivity contribution in [3.8, 4) is 0 Å². The maximum absolute atomic E-state index is 12.4. The van der Waals surface area contributed by atoms with Crippen molar-refractivity contribution >= 4 is 11.6 Å². The third-order valence-electron chi connectivity index (χ3n) is 4.76. The first-order valence-electron chi connectivity index (χ1n) is 8.80. The quantitative estimate of drug-likeness (QED) is 0.900. The molecule has 1 heterocycles. The van der Waals surface area contributed by atoms with E-state index in [4.69, 9.17) is 0 Å². The number of piperidine rings is 1. The fourth-order valence-corrected chi connectivity index (χ4v) is 3.36. The molecule has 2 aromatic rings. The minimum absolute atomic E-state index is 0.0533. The molecule has 1 atom stereocenters. The lowest BCUT2D eigenvalue weighted by Gasteiger charge is -2.30. The maximum Gasteiger partial charge on any atom is 0.255 e. The van der Waals surface area contributed by atoms with Gasteiger partial charge in [0.05, 0.1) is 0 Å². The van der Waals surface area contributed by atoms with E-state index in [0.717, 1.165) is 23.7 Å². The summed E-state index contributed by atoms with van der Waals surface area (Å²) in [5.41, 5.74) is 3.92. The molecule has 0 saturated carbocycles. The monoisotopic (exact) mass is 322 g/mol. The van der Waals surface area contributed by atoms with Crippen molar-refractivity contribution in [1.29, 1.82) is 0 Å². The van der Waals surface area contributed by atoms with Crippen molar-refractivity contribution in [2.75, 3.05) is 18.4 Å². The Labute approximate surface area is 144 Å². The van der Waals surface area contributed by atoms with Crippen molar-refractivity contribution in [2.45, 2.75) is 33.2 Å². The molecule has 1 aliphatic heterocycles. The SMILES string of the molecule is Cc1ccccc1NC(=O)c1ccc(CN2CCC[C@H](C)C2)cc1. The summed E-state index contributed by atoms with van der Waals surface area (Å²) in [6, 6.07) is 15.8. The van der Waals surface area contributed by atoms with Gasteiger partial charge in [0.1, 0.15) is 0 Å². The van der Waals surface area contributed by atoms with E-state index in [-0.39, 0.29) is 5.91 Å². The Hall–Kier alpha value is -2.13. The Morgan fingerprint density at radius 3 is 2.62 bits per heavy atom. The number of carbonyl (C=O) groups is 1. The van der Waals surface area contributed by atoms with Gasteiger partial charge in [-0.1, -0.05) is 37.3 Å². The van der Waals surface area contributed by atoms with Crippen LogP contribution in [0.3, 0.4) is 0 Å². The Balaban J connectivity index is 1.61. The molecule has 0 unspecified atom stereocenters. The normalized spacial score (nSPS) is 18.3. The second kappa shape index (κ2) is 7.63. The number of carbonyl (C=O) groups excluding carboxylic acids is 1. The second-order valence-electron chi connectivity index (χ2n) is 6.95. The van der Waals surface area contributed by atoms with Crippen LogP contribution in [0.1, 0.15) is 41.3 Å². The molecule has 3 nitrogen and oxygen atoms in total. The zero-order valence-electron chi connectivity index (χ0n) is 14.6. The van der Waals surface area contributed by atoms with Crippen LogP contribution >= 0.6 is 0 Å². The molecule has 1 N–H and O–H groups in total. The summed E-state index contributed by atoms with van der Waals surface area (Å²) in [6.07, 6.45) is 2.63. The maximum atomic E-state index is 12.4. The minimum Gasteiger partial charge on any atom is -0.322 e.